The van der Waals surface area contributed by atoms with Gasteiger partial charge in [0.2, 0.25) is 5.91 Å². The Hall–Kier alpha value is -1.88. The molecule has 2 saturated heterocycles. The predicted molar refractivity (Wildman–Crippen MR) is 103 cm³/mol. The van der Waals surface area contributed by atoms with Gasteiger partial charge in [-0.3, -0.25) is 9.59 Å². The predicted octanol–water partition coefficient (Wildman–Crippen LogP) is 2.53. The lowest BCUT2D eigenvalue weighted by atomic mass is 9.94. The zero-order valence-electron chi connectivity index (χ0n) is 15.8. The zero-order chi connectivity index (χ0) is 18.4. The molecule has 1 aromatic rings. The normalized spacial score (nSPS) is 21.4. The van der Waals surface area contributed by atoms with Crippen LogP contribution in [0.15, 0.2) is 30.3 Å². The first-order valence-corrected chi connectivity index (χ1v) is 10.1. The molecule has 5 nitrogen and oxygen atoms in total. The third-order valence-corrected chi connectivity index (χ3v) is 5.58. The molecule has 142 valence electrons. The fraction of sp³-hybridized carbons (Fsp3) is 0.619. The zero-order valence-corrected chi connectivity index (χ0v) is 15.8. The van der Waals surface area contributed by atoms with Crippen LogP contribution in [0.1, 0.15) is 49.4 Å². The second-order valence-electron chi connectivity index (χ2n) is 7.47. The Bertz CT molecular complexity index is 599. The quantitative estimate of drug-likeness (QED) is 0.881. The van der Waals surface area contributed by atoms with Crippen LogP contribution in [0.4, 0.5) is 0 Å². The average molecular weight is 357 g/mol. The number of hydrogen-bond donors (Lipinski definition) is 1. The molecule has 5 heteroatoms. The maximum Gasteiger partial charge on any atom is 0.253 e. The highest BCUT2D eigenvalue weighted by atomic mass is 16.2. The van der Waals surface area contributed by atoms with Gasteiger partial charge in [0.05, 0.1) is 5.92 Å². The lowest BCUT2D eigenvalue weighted by Crippen LogP contribution is -2.52. The van der Waals surface area contributed by atoms with Crippen molar-refractivity contribution in [2.45, 2.75) is 45.1 Å². The van der Waals surface area contributed by atoms with E-state index in [1.807, 2.05) is 35.2 Å². The number of piperidine rings is 2. The third-order valence-electron chi connectivity index (χ3n) is 5.58. The summed E-state index contributed by atoms with van der Waals surface area (Å²) < 4.78 is 0. The van der Waals surface area contributed by atoms with Crippen LogP contribution in [-0.4, -0.2) is 60.4 Å². The molecule has 1 aromatic carbocycles. The number of likely N-dealkylation sites (tertiary alicyclic amines) is 1. The van der Waals surface area contributed by atoms with E-state index in [0.717, 1.165) is 58.3 Å². The molecule has 2 aliphatic heterocycles. The molecule has 0 radical (unpaired) electrons. The molecule has 0 aromatic heterocycles. The summed E-state index contributed by atoms with van der Waals surface area (Å²) in [5, 5.41) is 3.38. The summed E-state index contributed by atoms with van der Waals surface area (Å²) in [6.07, 6.45) is 4.84. The molecule has 0 spiro atoms. The summed E-state index contributed by atoms with van der Waals surface area (Å²) in [5.74, 6) is 0.245. The van der Waals surface area contributed by atoms with Crippen LogP contribution < -0.4 is 5.32 Å². The molecule has 3 rings (SSSR count). The first kappa shape index (κ1) is 18.9. The van der Waals surface area contributed by atoms with Crippen LogP contribution in [0.5, 0.6) is 0 Å². The van der Waals surface area contributed by atoms with E-state index in [4.69, 9.17) is 0 Å². The Morgan fingerprint density at radius 1 is 1.15 bits per heavy atom. The fourth-order valence-electron chi connectivity index (χ4n) is 4.19. The SMILES string of the molecule is CCCN(C(=O)C1CCCN(C(=O)c2ccccc2)C1)C1CCNCC1. The Labute approximate surface area is 156 Å². The largest absolute Gasteiger partial charge is 0.339 e. The van der Waals surface area contributed by atoms with Gasteiger partial charge in [0, 0.05) is 31.2 Å². The van der Waals surface area contributed by atoms with Gasteiger partial charge in [-0.15, -0.1) is 0 Å². The van der Waals surface area contributed by atoms with Crippen molar-refractivity contribution in [2.24, 2.45) is 5.92 Å². The Morgan fingerprint density at radius 3 is 2.58 bits per heavy atom. The van der Waals surface area contributed by atoms with Crippen molar-refractivity contribution >= 4 is 11.8 Å². The van der Waals surface area contributed by atoms with Crippen LogP contribution in [0.2, 0.25) is 0 Å². The second-order valence-corrected chi connectivity index (χ2v) is 7.47. The number of nitrogens with one attached hydrogen (secondary N) is 1. The Kier molecular flexibility index (Phi) is 6.67. The molecule has 1 unspecified atom stereocenters. The van der Waals surface area contributed by atoms with Crippen molar-refractivity contribution in [3.8, 4) is 0 Å². The van der Waals surface area contributed by atoms with Crippen molar-refractivity contribution in [2.75, 3.05) is 32.7 Å². The van der Waals surface area contributed by atoms with Gasteiger partial charge in [0.15, 0.2) is 0 Å². The minimum absolute atomic E-state index is 0.0482. The third kappa shape index (κ3) is 4.44. The van der Waals surface area contributed by atoms with Gasteiger partial charge in [-0.2, -0.15) is 0 Å². The number of benzene rings is 1. The number of rotatable bonds is 5. The van der Waals surface area contributed by atoms with E-state index in [9.17, 15) is 9.59 Å². The molecule has 0 saturated carbocycles. The number of nitrogens with zero attached hydrogens (tertiary/aromatic N) is 2. The average Bonchev–Trinajstić information content (AvgIpc) is 2.72. The monoisotopic (exact) mass is 357 g/mol. The van der Waals surface area contributed by atoms with Gasteiger partial charge in [0.25, 0.3) is 5.91 Å². The van der Waals surface area contributed by atoms with Gasteiger partial charge in [-0.1, -0.05) is 25.1 Å². The maximum absolute atomic E-state index is 13.3. The van der Waals surface area contributed by atoms with E-state index in [1.54, 1.807) is 0 Å². The van der Waals surface area contributed by atoms with Crippen LogP contribution in [-0.2, 0) is 4.79 Å². The van der Waals surface area contributed by atoms with E-state index >= 15 is 0 Å². The van der Waals surface area contributed by atoms with Gasteiger partial charge in [0.1, 0.15) is 0 Å². The highest BCUT2D eigenvalue weighted by molar-refractivity contribution is 5.94. The second kappa shape index (κ2) is 9.17. The molecule has 0 aliphatic carbocycles. The summed E-state index contributed by atoms with van der Waals surface area (Å²) in [4.78, 5) is 30.0. The summed E-state index contributed by atoms with van der Waals surface area (Å²) >= 11 is 0. The van der Waals surface area contributed by atoms with Gasteiger partial charge < -0.3 is 15.1 Å². The van der Waals surface area contributed by atoms with Crippen LogP contribution in [0.3, 0.4) is 0 Å². The molecule has 0 bridgehead atoms. The smallest absolute Gasteiger partial charge is 0.253 e. The minimum atomic E-state index is -0.0575. The highest BCUT2D eigenvalue weighted by Crippen LogP contribution is 2.23. The lowest BCUT2D eigenvalue weighted by Gasteiger charge is -2.39. The molecule has 2 heterocycles. The van der Waals surface area contributed by atoms with Crippen molar-refractivity contribution in [3.63, 3.8) is 0 Å². The molecule has 2 fully saturated rings. The van der Waals surface area contributed by atoms with Crippen molar-refractivity contribution in [1.29, 1.82) is 0 Å². The highest BCUT2D eigenvalue weighted by Gasteiger charge is 2.34. The summed E-state index contributed by atoms with van der Waals surface area (Å²) in [7, 11) is 0. The van der Waals surface area contributed by atoms with Gasteiger partial charge in [-0.25, -0.2) is 0 Å². The Morgan fingerprint density at radius 2 is 1.88 bits per heavy atom. The fourth-order valence-corrected chi connectivity index (χ4v) is 4.19. The van der Waals surface area contributed by atoms with Crippen LogP contribution >= 0.6 is 0 Å². The van der Waals surface area contributed by atoms with Crippen molar-refractivity contribution < 1.29 is 9.59 Å². The van der Waals surface area contributed by atoms with E-state index in [1.165, 1.54) is 0 Å². The van der Waals surface area contributed by atoms with Gasteiger partial charge >= 0.3 is 0 Å². The summed E-state index contributed by atoms with van der Waals surface area (Å²) in [5.41, 5.74) is 0.712. The van der Waals surface area contributed by atoms with E-state index in [2.05, 4.69) is 17.1 Å². The van der Waals surface area contributed by atoms with Crippen molar-refractivity contribution in [3.05, 3.63) is 35.9 Å². The Balaban J connectivity index is 1.67. The van der Waals surface area contributed by atoms with Crippen LogP contribution in [0, 0.1) is 5.92 Å². The number of amides is 2. The molecule has 2 amide bonds. The molecule has 26 heavy (non-hydrogen) atoms. The first-order valence-electron chi connectivity index (χ1n) is 10.1. The molecule has 2 aliphatic rings. The number of carbonyl (C=O) groups excluding carboxylic acids is 2. The first-order chi connectivity index (χ1) is 12.7. The molecule has 1 atom stereocenters. The van der Waals surface area contributed by atoms with Crippen molar-refractivity contribution in [1.82, 2.24) is 15.1 Å². The van der Waals surface area contributed by atoms with E-state index < -0.39 is 0 Å². The molecule has 1 N–H and O–H groups in total. The van der Waals surface area contributed by atoms with Gasteiger partial charge in [-0.05, 0) is 57.3 Å². The topological polar surface area (TPSA) is 52.7 Å². The number of hydrogen-bond acceptors (Lipinski definition) is 3. The minimum Gasteiger partial charge on any atom is -0.339 e. The lowest BCUT2D eigenvalue weighted by molar-refractivity contribution is -0.140. The number of carbonyl (C=O) groups is 2. The summed E-state index contributed by atoms with van der Waals surface area (Å²) in [6.45, 7) is 6.24. The molecular formula is C21H31N3O2. The standard InChI is InChI=1S/C21H31N3O2/c1-2-14-24(19-10-12-22-13-11-19)21(26)18-9-6-15-23(16-18)20(25)17-7-4-3-5-8-17/h3-5,7-8,18-19,22H,2,6,9-16H2,1H3. The summed E-state index contributed by atoms with van der Waals surface area (Å²) in [6, 6.07) is 9.75. The van der Waals surface area contributed by atoms with E-state index in [-0.39, 0.29) is 17.7 Å². The van der Waals surface area contributed by atoms with E-state index in [0.29, 0.717) is 18.2 Å². The molecular weight excluding hydrogens is 326 g/mol. The maximum atomic E-state index is 13.3. The van der Waals surface area contributed by atoms with Crippen LogP contribution in [0.25, 0.3) is 0 Å².